The van der Waals surface area contributed by atoms with E-state index in [-0.39, 0.29) is 36.5 Å². The van der Waals surface area contributed by atoms with E-state index < -0.39 is 0 Å². The third kappa shape index (κ3) is 7.08. The van der Waals surface area contributed by atoms with Gasteiger partial charge in [0.2, 0.25) is 0 Å². The molecule has 0 bridgehead atoms. The minimum atomic E-state index is 0. The smallest absolute Gasteiger partial charge is 0.191 e. The number of aliphatic hydroxyl groups excluding tert-OH is 1. The average Bonchev–Trinajstić information content (AvgIpc) is 2.78. The highest BCUT2D eigenvalue weighted by Crippen LogP contribution is 2.17. The normalized spacial score (nSPS) is 18.6. The van der Waals surface area contributed by atoms with E-state index in [4.69, 9.17) is 5.11 Å². The van der Waals surface area contributed by atoms with E-state index in [1.165, 1.54) is 25.7 Å². The van der Waals surface area contributed by atoms with Crippen molar-refractivity contribution in [3.63, 3.8) is 0 Å². The number of hydrogen-bond acceptors (Lipinski definition) is 2. The largest absolute Gasteiger partial charge is 0.396 e. The third-order valence-corrected chi connectivity index (χ3v) is 2.91. The quantitative estimate of drug-likeness (QED) is 0.400. The van der Waals surface area contributed by atoms with Crippen LogP contribution in [-0.4, -0.2) is 36.8 Å². The maximum Gasteiger partial charge on any atom is 0.191 e. The Kier molecular flexibility index (Phi) is 9.91. The number of nitrogens with one attached hydrogen (secondary N) is 2. The van der Waals surface area contributed by atoms with Gasteiger partial charge in [-0.05, 0) is 25.7 Å². The van der Waals surface area contributed by atoms with Crippen molar-refractivity contribution in [2.24, 2.45) is 10.9 Å². The van der Waals surface area contributed by atoms with E-state index in [1.54, 1.807) is 0 Å². The number of rotatable bonds is 5. The van der Waals surface area contributed by atoms with Gasteiger partial charge in [-0.2, -0.15) is 0 Å². The Bertz CT molecular complexity index is 218. The molecule has 0 aromatic heterocycles. The summed E-state index contributed by atoms with van der Waals surface area (Å²) in [6.45, 7) is 5.83. The molecule has 4 nitrogen and oxygen atoms in total. The van der Waals surface area contributed by atoms with Crippen molar-refractivity contribution in [3.8, 4) is 0 Å². The Balaban J connectivity index is 0.00000256. The molecule has 1 aliphatic carbocycles. The molecule has 5 heteroatoms. The third-order valence-electron chi connectivity index (χ3n) is 2.91. The molecule has 102 valence electrons. The monoisotopic (exact) mass is 355 g/mol. The fourth-order valence-corrected chi connectivity index (χ4v) is 1.89. The number of nitrogens with zero attached hydrogens (tertiary/aromatic N) is 1. The molecule has 1 saturated carbocycles. The summed E-state index contributed by atoms with van der Waals surface area (Å²) in [5, 5.41) is 15.7. The van der Waals surface area contributed by atoms with Crippen LogP contribution in [0.3, 0.4) is 0 Å². The highest BCUT2D eigenvalue weighted by molar-refractivity contribution is 14.0. The number of aliphatic imine (C=N–C) groups is 1. The maximum atomic E-state index is 8.95. The Morgan fingerprint density at radius 1 is 1.41 bits per heavy atom. The first-order valence-electron chi connectivity index (χ1n) is 6.42. The molecule has 1 atom stereocenters. The number of guanidine groups is 1. The molecule has 0 aromatic carbocycles. The second-order valence-electron chi connectivity index (χ2n) is 4.63. The molecule has 1 fully saturated rings. The van der Waals surface area contributed by atoms with E-state index in [2.05, 4.69) is 22.5 Å². The molecular formula is C12H26IN3O. The number of hydrogen-bond donors (Lipinski definition) is 3. The summed E-state index contributed by atoms with van der Waals surface area (Å²) in [6, 6.07) is 0.585. The second kappa shape index (κ2) is 9.94. The van der Waals surface area contributed by atoms with Gasteiger partial charge in [-0.3, -0.25) is 4.99 Å². The van der Waals surface area contributed by atoms with Gasteiger partial charge in [-0.15, -0.1) is 24.0 Å². The van der Waals surface area contributed by atoms with Gasteiger partial charge in [0.1, 0.15) is 0 Å². The standard InChI is InChI=1S/C12H25N3O.HI/c1-3-13-12(14-8-10(2)9-16)15-11-6-4-5-7-11;/h10-11,16H,3-9H2,1-2H3,(H2,13,14,15);1H. The summed E-state index contributed by atoms with van der Waals surface area (Å²) in [6.07, 6.45) is 5.15. The van der Waals surface area contributed by atoms with Crippen molar-refractivity contribution in [3.05, 3.63) is 0 Å². The Morgan fingerprint density at radius 2 is 2.06 bits per heavy atom. The van der Waals surface area contributed by atoms with Crippen LogP contribution in [0.4, 0.5) is 0 Å². The van der Waals surface area contributed by atoms with E-state index in [1.807, 2.05) is 6.92 Å². The summed E-state index contributed by atoms with van der Waals surface area (Å²) in [5.74, 6) is 1.13. The van der Waals surface area contributed by atoms with Crippen LogP contribution in [-0.2, 0) is 0 Å². The molecule has 1 unspecified atom stereocenters. The lowest BCUT2D eigenvalue weighted by atomic mass is 10.2. The van der Waals surface area contributed by atoms with E-state index in [0.717, 1.165) is 12.5 Å². The van der Waals surface area contributed by atoms with Crippen molar-refractivity contribution in [1.29, 1.82) is 0 Å². The van der Waals surface area contributed by atoms with Crippen molar-refractivity contribution >= 4 is 29.9 Å². The maximum absolute atomic E-state index is 8.95. The molecule has 0 aromatic rings. The van der Waals surface area contributed by atoms with Gasteiger partial charge < -0.3 is 15.7 Å². The van der Waals surface area contributed by atoms with Crippen LogP contribution < -0.4 is 10.6 Å². The molecule has 0 heterocycles. The Labute approximate surface area is 122 Å². The first kappa shape index (κ1) is 17.0. The van der Waals surface area contributed by atoms with Crippen LogP contribution >= 0.6 is 24.0 Å². The zero-order valence-corrected chi connectivity index (χ0v) is 13.2. The van der Waals surface area contributed by atoms with Crippen LogP contribution in [0.2, 0.25) is 0 Å². The van der Waals surface area contributed by atoms with E-state index in [9.17, 15) is 0 Å². The minimum absolute atomic E-state index is 0. The fraction of sp³-hybridized carbons (Fsp3) is 0.917. The SMILES string of the molecule is CCNC(=NCC(C)CO)NC1CCCC1.I. The minimum Gasteiger partial charge on any atom is -0.396 e. The summed E-state index contributed by atoms with van der Waals surface area (Å²) >= 11 is 0. The zero-order valence-electron chi connectivity index (χ0n) is 10.9. The van der Waals surface area contributed by atoms with Crippen molar-refractivity contribution < 1.29 is 5.11 Å². The summed E-state index contributed by atoms with van der Waals surface area (Å²) in [4.78, 5) is 4.48. The molecule has 1 aliphatic rings. The van der Waals surface area contributed by atoms with Gasteiger partial charge in [-0.25, -0.2) is 0 Å². The average molecular weight is 355 g/mol. The lowest BCUT2D eigenvalue weighted by molar-refractivity contribution is 0.241. The van der Waals surface area contributed by atoms with Gasteiger partial charge >= 0.3 is 0 Å². The van der Waals surface area contributed by atoms with Crippen molar-refractivity contribution in [2.45, 2.75) is 45.6 Å². The highest BCUT2D eigenvalue weighted by Gasteiger charge is 2.15. The zero-order chi connectivity index (χ0) is 11.8. The van der Waals surface area contributed by atoms with Gasteiger partial charge in [0.05, 0.1) is 0 Å². The Hall–Kier alpha value is -0.0400. The number of aliphatic hydroxyl groups is 1. The van der Waals surface area contributed by atoms with Crippen LogP contribution in [0.25, 0.3) is 0 Å². The van der Waals surface area contributed by atoms with Crippen LogP contribution in [0.15, 0.2) is 4.99 Å². The fourth-order valence-electron chi connectivity index (χ4n) is 1.89. The molecule has 0 spiro atoms. The molecule has 3 N–H and O–H groups in total. The van der Waals surface area contributed by atoms with Gasteiger partial charge in [0.15, 0.2) is 5.96 Å². The number of halogens is 1. The molecule has 17 heavy (non-hydrogen) atoms. The second-order valence-corrected chi connectivity index (χ2v) is 4.63. The van der Waals surface area contributed by atoms with Gasteiger partial charge in [0.25, 0.3) is 0 Å². The Morgan fingerprint density at radius 3 is 2.59 bits per heavy atom. The van der Waals surface area contributed by atoms with Crippen LogP contribution in [0, 0.1) is 5.92 Å². The molecule has 0 amide bonds. The molecule has 0 aliphatic heterocycles. The first-order chi connectivity index (χ1) is 7.76. The summed E-state index contributed by atoms with van der Waals surface area (Å²) in [5.41, 5.74) is 0. The summed E-state index contributed by atoms with van der Waals surface area (Å²) in [7, 11) is 0. The topological polar surface area (TPSA) is 56.7 Å². The van der Waals surface area contributed by atoms with Crippen molar-refractivity contribution in [2.75, 3.05) is 19.7 Å². The molecule has 0 radical (unpaired) electrons. The van der Waals surface area contributed by atoms with Crippen LogP contribution in [0.5, 0.6) is 0 Å². The molecule has 0 saturated heterocycles. The first-order valence-corrected chi connectivity index (χ1v) is 6.42. The van der Waals surface area contributed by atoms with E-state index in [0.29, 0.717) is 12.6 Å². The lowest BCUT2D eigenvalue weighted by Crippen LogP contribution is -2.42. The predicted octanol–water partition coefficient (Wildman–Crippen LogP) is 1.73. The highest BCUT2D eigenvalue weighted by atomic mass is 127. The summed E-state index contributed by atoms with van der Waals surface area (Å²) < 4.78 is 0. The van der Waals surface area contributed by atoms with Crippen LogP contribution in [0.1, 0.15) is 39.5 Å². The van der Waals surface area contributed by atoms with Gasteiger partial charge in [0, 0.05) is 25.7 Å². The molecular weight excluding hydrogens is 329 g/mol. The predicted molar refractivity (Wildman–Crippen MR) is 83.0 cm³/mol. The van der Waals surface area contributed by atoms with Crippen molar-refractivity contribution in [1.82, 2.24) is 10.6 Å². The lowest BCUT2D eigenvalue weighted by Gasteiger charge is -2.17. The van der Waals surface area contributed by atoms with E-state index >= 15 is 0 Å². The molecule has 1 rings (SSSR count). The van der Waals surface area contributed by atoms with Gasteiger partial charge in [-0.1, -0.05) is 19.8 Å².